The van der Waals surface area contributed by atoms with Crippen LogP contribution in [0.15, 0.2) is 6.07 Å². The number of nitrogens with two attached hydrogens (primary N) is 1. The van der Waals surface area contributed by atoms with Crippen LogP contribution in [0.25, 0.3) is 0 Å². The van der Waals surface area contributed by atoms with Gasteiger partial charge in [-0.25, -0.2) is 9.97 Å². The monoisotopic (exact) mass is 278 g/mol. The third-order valence-electron chi connectivity index (χ3n) is 4.15. The Labute approximate surface area is 121 Å². The van der Waals surface area contributed by atoms with E-state index in [0.29, 0.717) is 18.0 Å². The summed E-state index contributed by atoms with van der Waals surface area (Å²) in [5.74, 6) is 2.38. The first-order valence-corrected chi connectivity index (χ1v) is 7.37. The zero-order valence-corrected chi connectivity index (χ0v) is 13.1. The molecule has 0 saturated heterocycles. The Morgan fingerprint density at radius 2 is 2.15 bits per heavy atom. The Morgan fingerprint density at radius 1 is 1.45 bits per heavy atom. The maximum atomic E-state index is 5.86. The van der Waals surface area contributed by atoms with Gasteiger partial charge >= 0.3 is 0 Å². The van der Waals surface area contributed by atoms with E-state index in [2.05, 4.69) is 43.0 Å². The van der Waals surface area contributed by atoms with Gasteiger partial charge in [0.25, 0.3) is 0 Å². The second-order valence-electron chi connectivity index (χ2n) is 6.39. The van der Waals surface area contributed by atoms with Gasteiger partial charge in [-0.15, -0.1) is 0 Å². The van der Waals surface area contributed by atoms with Gasteiger partial charge in [0.1, 0.15) is 17.5 Å². The van der Waals surface area contributed by atoms with Crippen molar-refractivity contribution in [3.63, 3.8) is 0 Å². The molecule has 112 valence electrons. The lowest BCUT2D eigenvalue weighted by Gasteiger charge is -2.51. The first-order valence-electron chi connectivity index (χ1n) is 7.37. The lowest BCUT2D eigenvalue weighted by Crippen LogP contribution is -2.58. The van der Waals surface area contributed by atoms with E-state index in [9.17, 15) is 0 Å². The molecule has 1 fully saturated rings. The van der Waals surface area contributed by atoms with Crippen LogP contribution in [-0.4, -0.2) is 28.7 Å². The quantitative estimate of drug-likeness (QED) is 0.866. The molecule has 1 aliphatic carbocycles. The van der Waals surface area contributed by atoms with Crippen LogP contribution in [0.3, 0.4) is 0 Å². The maximum absolute atomic E-state index is 5.86. The fraction of sp³-hybridized carbons (Fsp3) is 0.733. The van der Waals surface area contributed by atoms with E-state index >= 15 is 0 Å². The third-order valence-corrected chi connectivity index (χ3v) is 4.15. The summed E-state index contributed by atoms with van der Waals surface area (Å²) in [6.07, 6.45) is 1.32. The Hall–Kier alpha value is -1.36. The van der Waals surface area contributed by atoms with Gasteiger partial charge in [0.2, 0.25) is 0 Å². The Bertz CT molecular complexity index is 473. The summed E-state index contributed by atoms with van der Waals surface area (Å²) < 4.78 is 5.75. The van der Waals surface area contributed by atoms with E-state index in [4.69, 9.17) is 10.5 Å². The summed E-state index contributed by atoms with van der Waals surface area (Å²) in [5, 5.41) is 3.48. The van der Waals surface area contributed by atoms with Crippen LogP contribution in [0.5, 0.6) is 0 Å². The number of hydrogen-bond acceptors (Lipinski definition) is 5. The standard InChI is InChI=1S/C15H26N4O/c1-6-20-11-7-10(15(11,4)5)17-13-8-12(16)18-14(19-13)9(2)3/h8-11H,6-7H2,1-5H3,(H3,16,17,18,19). The number of aromatic nitrogens is 2. The highest BCUT2D eigenvalue weighted by Crippen LogP contribution is 2.44. The molecule has 5 nitrogen and oxygen atoms in total. The van der Waals surface area contributed by atoms with Crippen LogP contribution in [0.4, 0.5) is 11.6 Å². The first-order chi connectivity index (χ1) is 9.34. The second-order valence-corrected chi connectivity index (χ2v) is 6.39. The molecule has 0 bridgehead atoms. The molecule has 0 aromatic carbocycles. The molecule has 2 rings (SSSR count). The van der Waals surface area contributed by atoms with Crippen LogP contribution in [0.2, 0.25) is 0 Å². The molecule has 2 atom stereocenters. The van der Waals surface area contributed by atoms with E-state index in [1.807, 2.05) is 6.92 Å². The highest BCUT2D eigenvalue weighted by molar-refractivity contribution is 5.46. The van der Waals surface area contributed by atoms with Gasteiger partial charge in [-0.05, 0) is 13.3 Å². The predicted molar refractivity (Wildman–Crippen MR) is 81.8 cm³/mol. The molecule has 0 spiro atoms. The van der Waals surface area contributed by atoms with E-state index in [-0.39, 0.29) is 11.3 Å². The molecular formula is C15H26N4O. The SMILES string of the molecule is CCOC1CC(Nc2cc(N)nc(C(C)C)n2)C1(C)C. The van der Waals surface area contributed by atoms with Crippen LogP contribution < -0.4 is 11.1 Å². The number of anilines is 2. The fourth-order valence-corrected chi connectivity index (χ4v) is 2.61. The molecule has 20 heavy (non-hydrogen) atoms. The summed E-state index contributed by atoms with van der Waals surface area (Å²) in [4.78, 5) is 8.82. The average Bonchev–Trinajstić information content (AvgIpc) is 2.37. The van der Waals surface area contributed by atoms with E-state index in [1.54, 1.807) is 6.07 Å². The van der Waals surface area contributed by atoms with Crippen LogP contribution in [-0.2, 0) is 4.74 Å². The van der Waals surface area contributed by atoms with Crippen molar-refractivity contribution in [3.8, 4) is 0 Å². The molecule has 5 heteroatoms. The molecule has 0 radical (unpaired) electrons. The lowest BCUT2D eigenvalue weighted by molar-refractivity contribution is -0.0976. The smallest absolute Gasteiger partial charge is 0.135 e. The number of ether oxygens (including phenoxy) is 1. The van der Waals surface area contributed by atoms with Crippen LogP contribution in [0, 0.1) is 5.41 Å². The van der Waals surface area contributed by atoms with Crippen molar-refractivity contribution >= 4 is 11.6 Å². The third kappa shape index (κ3) is 2.87. The van der Waals surface area contributed by atoms with Crippen molar-refractivity contribution < 1.29 is 4.74 Å². The zero-order valence-electron chi connectivity index (χ0n) is 13.1. The summed E-state index contributed by atoms with van der Waals surface area (Å²) in [7, 11) is 0. The number of rotatable bonds is 5. The Balaban J connectivity index is 2.08. The molecule has 0 aliphatic heterocycles. The second kappa shape index (κ2) is 5.56. The molecule has 1 aromatic rings. The predicted octanol–water partition coefficient (Wildman–Crippen LogP) is 2.80. The number of nitrogen functional groups attached to an aromatic ring is 1. The highest BCUT2D eigenvalue weighted by Gasteiger charge is 2.49. The van der Waals surface area contributed by atoms with Crippen LogP contribution >= 0.6 is 0 Å². The van der Waals surface area contributed by atoms with E-state index in [1.165, 1.54) is 0 Å². The molecule has 2 unspecified atom stereocenters. The van der Waals surface area contributed by atoms with Gasteiger partial charge < -0.3 is 15.8 Å². The minimum absolute atomic E-state index is 0.105. The van der Waals surface area contributed by atoms with Gasteiger partial charge in [-0.2, -0.15) is 0 Å². The highest BCUT2D eigenvalue weighted by atomic mass is 16.5. The Morgan fingerprint density at radius 3 is 2.70 bits per heavy atom. The van der Waals surface area contributed by atoms with Crippen molar-refractivity contribution in [2.24, 2.45) is 5.41 Å². The molecule has 1 saturated carbocycles. The van der Waals surface area contributed by atoms with Gasteiger partial charge in [-0.1, -0.05) is 27.7 Å². The van der Waals surface area contributed by atoms with E-state index < -0.39 is 0 Å². The van der Waals surface area contributed by atoms with E-state index in [0.717, 1.165) is 24.7 Å². The van der Waals surface area contributed by atoms with Crippen molar-refractivity contribution in [2.45, 2.75) is 59.1 Å². The van der Waals surface area contributed by atoms with Gasteiger partial charge in [0.05, 0.1) is 6.10 Å². The normalized spacial score (nSPS) is 24.5. The van der Waals surface area contributed by atoms with Crippen LogP contribution in [0.1, 0.15) is 52.8 Å². The fourth-order valence-electron chi connectivity index (χ4n) is 2.61. The topological polar surface area (TPSA) is 73.1 Å². The molecule has 1 aliphatic rings. The van der Waals surface area contributed by atoms with Crippen molar-refractivity contribution in [1.29, 1.82) is 0 Å². The Kier molecular flexibility index (Phi) is 4.18. The number of nitrogens with zero attached hydrogens (tertiary/aromatic N) is 2. The van der Waals surface area contributed by atoms with Gasteiger partial charge in [0, 0.05) is 30.0 Å². The largest absolute Gasteiger partial charge is 0.384 e. The number of nitrogens with one attached hydrogen (secondary N) is 1. The van der Waals surface area contributed by atoms with Crippen molar-refractivity contribution in [2.75, 3.05) is 17.7 Å². The summed E-state index contributed by atoms with van der Waals surface area (Å²) in [6, 6.07) is 2.16. The minimum Gasteiger partial charge on any atom is -0.384 e. The molecule has 1 heterocycles. The number of hydrogen-bond donors (Lipinski definition) is 2. The zero-order chi connectivity index (χ0) is 14.9. The minimum atomic E-state index is 0.105. The lowest BCUT2D eigenvalue weighted by atomic mass is 9.64. The average molecular weight is 278 g/mol. The summed E-state index contributed by atoms with van der Waals surface area (Å²) in [6.45, 7) is 11.4. The maximum Gasteiger partial charge on any atom is 0.135 e. The molecular weight excluding hydrogens is 252 g/mol. The van der Waals surface area contributed by atoms with Gasteiger partial charge in [-0.3, -0.25) is 0 Å². The molecule has 3 N–H and O–H groups in total. The summed E-state index contributed by atoms with van der Waals surface area (Å²) >= 11 is 0. The summed E-state index contributed by atoms with van der Waals surface area (Å²) in [5.41, 5.74) is 5.96. The van der Waals surface area contributed by atoms with Gasteiger partial charge in [0.15, 0.2) is 0 Å². The van der Waals surface area contributed by atoms with Crippen molar-refractivity contribution in [1.82, 2.24) is 9.97 Å². The first kappa shape index (κ1) is 15.0. The molecule has 1 aromatic heterocycles. The van der Waals surface area contributed by atoms with Crippen molar-refractivity contribution in [3.05, 3.63) is 11.9 Å². The molecule has 0 amide bonds.